The number of hydrogen-bond acceptors (Lipinski definition) is 1. The van der Waals surface area contributed by atoms with E-state index in [2.05, 4.69) is 57.2 Å². The number of aryl methyl sites for hydroxylation is 1. The van der Waals surface area contributed by atoms with Gasteiger partial charge in [-0.2, -0.15) is 0 Å². The molecule has 0 atom stereocenters. The van der Waals surface area contributed by atoms with Crippen molar-refractivity contribution >= 4 is 0 Å². The van der Waals surface area contributed by atoms with E-state index < -0.39 is 0 Å². The van der Waals surface area contributed by atoms with Crippen LogP contribution in [0.5, 0.6) is 5.75 Å². The molecular formula is C17H20O. The zero-order valence-corrected chi connectivity index (χ0v) is 11.3. The molecule has 0 aromatic heterocycles. The Morgan fingerprint density at radius 1 is 0.889 bits per heavy atom. The van der Waals surface area contributed by atoms with Crippen molar-refractivity contribution < 1.29 is 4.74 Å². The van der Waals surface area contributed by atoms with Gasteiger partial charge in [0.2, 0.25) is 0 Å². The fraction of sp³-hybridized carbons (Fsp3) is 0.294. The number of ether oxygens (including phenoxy) is 1. The summed E-state index contributed by atoms with van der Waals surface area (Å²) in [4.78, 5) is 0. The van der Waals surface area contributed by atoms with E-state index in [9.17, 15) is 0 Å². The van der Waals surface area contributed by atoms with Gasteiger partial charge in [0.05, 0.1) is 0 Å². The zero-order chi connectivity index (χ0) is 13.0. The van der Waals surface area contributed by atoms with Crippen LogP contribution in [0, 0.1) is 6.92 Å². The molecule has 1 nitrogen and oxygen atoms in total. The summed E-state index contributed by atoms with van der Waals surface area (Å²) in [5.41, 5.74) is 3.83. The largest absolute Gasteiger partial charge is 0.489 e. The van der Waals surface area contributed by atoms with Gasteiger partial charge in [-0.1, -0.05) is 55.8 Å². The molecule has 2 rings (SSSR count). The lowest BCUT2D eigenvalue weighted by molar-refractivity contribution is 0.306. The summed E-state index contributed by atoms with van der Waals surface area (Å²) in [6.07, 6.45) is 0. The summed E-state index contributed by atoms with van der Waals surface area (Å²) < 4.78 is 5.77. The molecule has 0 aliphatic heterocycles. The molecule has 0 saturated carbocycles. The first-order valence-corrected chi connectivity index (χ1v) is 6.43. The number of rotatable bonds is 4. The molecule has 0 aliphatic carbocycles. The average Bonchev–Trinajstić information content (AvgIpc) is 2.38. The molecule has 0 saturated heterocycles. The monoisotopic (exact) mass is 240 g/mol. The van der Waals surface area contributed by atoms with Gasteiger partial charge < -0.3 is 4.74 Å². The van der Waals surface area contributed by atoms with Crippen molar-refractivity contribution in [2.45, 2.75) is 33.3 Å². The smallest absolute Gasteiger partial charge is 0.119 e. The number of hydrogen-bond donors (Lipinski definition) is 0. The van der Waals surface area contributed by atoms with Gasteiger partial charge in [-0.3, -0.25) is 0 Å². The van der Waals surface area contributed by atoms with Gasteiger partial charge in [0, 0.05) is 0 Å². The molecule has 0 bridgehead atoms. The van der Waals surface area contributed by atoms with E-state index in [1.54, 1.807) is 0 Å². The summed E-state index contributed by atoms with van der Waals surface area (Å²) in [6.45, 7) is 7.11. The average molecular weight is 240 g/mol. The van der Waals surface area contributed by atoms with Gasteiger partial charge in [-0.25, -0.2) is 0 Å². The van der Waals surface area contributed by atoms with E-state index in [1.807, 2.05) is 12.1 Å². The third-order valence-corrected chi connectivity index (χ3v) is 3.07. The molecule has 0 radical (unpaired) electrons. The van der Waals surface area contributed by atoms with E-state index >= 15 is 0 Å². The zero-order valence-electron chi connectivity index (χ0n) is 11.3. The van der Waals surface area contributed by atoms with Gasteiger partial charge >= 0.3 is 0 Å². The highest BCUT2D eigenvalue weighted by molar-refractivity contribution is 5.29. The van der Waals surface area contributed by atoms with Crippen molar-refractivity contribution in [1.82, 2.24) is 0 Å². The maximum Gasteiger partial charge on any atom is 0.119 e. The highest BCUT2D eigenvalue weighted by Gasteiger charge is 2.00. The first-order chi connectivity index (χ1) is 8.65. The lowest BCUT2D eigenvalue weighted by Crippen LogP contribution is -1.95. The van der Waals surface area contributed by atoms with Crippen molar-refractivity contribution in [3.63, 3.8) is 0 Å². The molecule has 1 heteroatoms. The summed E-state index contributed by atoms with van der Waals surface area (Å²) in [5, 5.41) is 0. The molecular weight excluding hydrogens is 220 g/mol. The van der Waals surface area contributed by atoms with Crippen LogP contribution in [-0.4, -0.2) is 0 Å². The van der Waals surface area contributed by atoms with Crippen molar-refractivity contribution in [3.05, 3.63) is 65.2 Å². The normalized spacial score (nSPS) is 10.7. The maximum atomic E-state index is 5.77. The first-order valence-electron chi connectivity index (χ1n) is 6.43. The van der Waals surface area contributed by atoms with Crippen molar-refractivity contribution in [1.29, 1.82) is 0 Å². The van der Waals surface area contributed by atoms with Gasteiger partial charge in [0.25, 0.3) is 0 Å². The molecule has 0 unspecified atom stereocenters. The highest BCUT2D eigenvalue weighted by atomic mass is 16.5. The van der Waals surface area contributed by atoms with Crippen LogP contribution >= 0.6 is 0 Å². The first kappa shape index (κ1) is 12.7. The van der Waals surface area contributed by atoms with Gasteiger partial charge in [0.1, 0.15) is 12.4 Å². The molecule has 2 aromatic carbocycles. The van der Waals surface area contributed by atoms with E-state index in [-0.39, 0.29) is 0 Å². The maximum absolute atomic E-state index is 5.77. The lowest BCUT2D eigenvalue weighted by Gasteiger charge is -2.09. The second-order valence-corrected chi connectivity index (χ2v) is 5.00. The van der Waals surface area contributed by atoms with Gasteiger partial charge in [-0.05, 0) is 36.1 Å². The molecule has 0 spiro atoms. The summed E-state index contributed by atoms with van der Waals surface area (Å²) >= 11 is 0. The van der Waals surface area contributed by atoms with Crippen LogP contribution in [0.25, 0.3) is 0 Å². The molecule has 94 valence electrons. The van der Waals surface area contributed by atoms with E-state index in [0.717, 1.165) is 5.75 Å². The third kappa shape index (κ3) is 3.36. The standard InChI is InChI=1S/C17H20O/c1-13(2)16-8-10-17(11-9-16)18-12-15-6-4-14(3)5-7-15/h4-11,13H,12H2,1-3H3. The topological polar surface area (TPSA) is 9.23 Å². The Hall–Kier alpha value is -1.76. The van der Waals surface area contributed by atoms with Crippen molar-refractivity contribution in [2.75, 3.05) is 0 Å². The van der Waals surface area contributed by atoms with E-state index in [0.29, 0.717) is 12.5 Å². The Morgan fingerprint density at radius 2 is 1.50 bits per heavy atom. The van der Waals surface area contributed by atoms with Gasteiger partial charge in [0.15, 0.2) is 0 Å². The Bertz CT molecular complexity index is 480. The summed E-state index contributed by atoms with van der Waals surface area (Å²) in [6, 6.07) is 16.8. The fourth-order valence-electron chi connectivity index (χ4n) is 1.80. The van der Waals surface area contributed by atoms with Crippen LogP contribution in [0.15, 0.2) is 48.5 Å². The van der Waals surface area contributed by atoms with Crippen LogP contribution in [0.4, 0.5) is 0 Å². The van der Waals surface area contributed by atoms with E-state index in [1.165, 1.54) is 16.7 Å². The Balaban J connectivity index is 1.95. The second-order valence-electron chi connectivity index (χ2n) is 5.00. The van der Waals surface area contributed by atoms with Crippen LogP contribution in [0.2, 0.25) is 0 Å². The predicted octanol–water partition coefficient (Wildman–Crippen LogP) is 4.70. The molecule has 0 aliphatic rings. The predicted molar refractivity (Wildman–Crippen MR) is 76.0 cm³/mol. The SMILES string of the molecule is Cc1ccc(COc2ccc(C(C)C)cc2)cc1. The molecule has 0 fully saturated rings. The van der Waals surface area contributed by atoms with E-state index in [4.69, 9.17) is 4.74 Å². The number of benzene rings is 2. The second kappa shape index (κ2) is 5.72. The van der Waals surface area contributed by atoms with Crippen LogP contribution in [-0.2, 0) is 6.61 Å². The lowest BCUT2D eigenvalue weighted by atomic mass is 10.0. The third-order valence-electron chi connectivity index (χ3n) is 3.07. The molecule has 0 heterocycles. The molecule has 2 aromatic rings. The Morgan fingerprint density at radius 3 is 2.06 bits per heavy atom. The molecule has 18 heavy (non-hydrogen) atoms. The summed E-state index contributed by atoms with van der Waals surface area (Å²) in [5.74, 6) is 1.50. The van der Waals surface area contributed by atoms with Gasteiger partial charge in [-0.15, -0.1) is 0 Å². The van der Waals surface area contributed by atoms with Crippen molar-refractivity contribution in [3.8, 4) is 5.75 Å². The summed E-state index contributed by atoms with van der Waals surface area (Å²) in [7, 11) is 0. The van der Waals surface area contributed by atoms with Crippen LogP contribution in [0.3, 0.4) is 0 Å². The molecule has 0 N–H and O–H groups in total. The Labute approximate surface area is 109 Å². The minimum absolute atomic E-state index is 0.566. The van der Waals surface area contributed by atoms with Crippen molar-refractivity contribution in [2.24, 2.45) is 0 Å². The Kier molecular flexibility index (Phi) is 4.03. The minimum atomic E-state index is 0.566. The van der Waals surface area contributed by atoms with Crippen LogP contribution in [0.1, 0.15) is 36.5 Å². The minimum Gasteiger partial charge on any atom is -0.489 e. The molecule has 0 amide bonds. The quantitative estimate of drug-likeness (QED) is 0.752. The highest BCUT2D eigenvalue weighted by Crippen LogP contribution is 2.19. The van der Waals surface area contributed by atoms with Crippen LogP contribution < -0.4 is 4.74 Å². The fourth-order valence-corrected chi connectivity index (χ4v) is 1.80.